The highest BCUT2D eigenvalue weighted by atomic mass is 32.2. The summed E-state index contributed by atoms with van der Waals surface area (Å²) in [4.78, 5) is 0. The molecule has 0 aliphatic carbocycles. The van der Waals surface area contributed by atoms with Crippen molar-refractivity contribution in [3.05, 3.63) is 53.7 Å². The van der Waals surface area contributed by atoms with Crippen molar-refractivity contribution in [2.45, 2.75) is 0 Å². The van der Waals surface area contributed by atoms with Gasteiger partial charge in [0.25, 0.3) is 0 Å². The standard InChI is InChI=1S/C11H9OS/c1-2-6-10(7-3-1)12-11-8-4-5-9-13-11/h1-7H,9H2. The average Bonchev–Trinajstić information content (AvgIpc) is 2.21. The van der Waals surface area contributed by atoms with Crippen LogP contribution in [0.5, 0.6) is 5.75 Å². The Kier molecular flexibility index (Phi) is 2.72. The second kappa shape index (κ2) is 4.19. The number of rotatable bonds is 2. The molecule has 1 aliphatic heterocycles. The molecule has 0 aromatic heterocycles. The van der Waals surface area contributed by atoms with Gasteiger partial charge in [-0.2, -0.15) is 0 Å². The molecule has 1 aliphatic rings. The first-order valence-corrected chi connectivity index (χ1v) is 5.08. The maximum Gasteiger partial charge on any atom is 0.169 e. The van der Waals surface area contributed by atoms with Crippen molar-refractivity contribution in [3.63, 3.8) is 0 Å². The predicted octanol–water partition coefficient (Wildman–Crippen LogP) is 3.01. The fourth-order valence-electron chi connectivity index (χ4n) is 0.995. The Bertz CT molecular complexity index is 327. The topological polar surface area (TPSA) is 9.23 Å². The third-order valence-electron chi connectivity index (χ3n) is 1.58. The number of allylic oxidation sites excluding steroid dienone is 2. The normalized spacial score (nSPS) is 15.2. The number of benzene rings is 1. The minimum absolute atomic E-state index is 0.841. The van der Waals surface area contributed by atoms with E-state index >= 15 is 0 Å². The van der Waals surface area contributed by atoms with E-state index in [-0.39, 0.29) is 0 Å². The molecular formula is C11H9OS. The molecule has 65 valence electrons. The van der Waals surface area contributed by atoms with Crippen LogP contribution in [0.4, 0.5) is 0 Å². The van der Waals surface area contributed by atoms with Crippen LogP contribution in [-0.2, 0) is 0 Å². The molecule has 2 rings (SSSR count). The highest BCUT2D eigenvalue weighted by Gasteiger charge is 2.02. The van der Waals surface area contributed by atoms with Gasteiger partial charge in [0.05, 0.1) is 0 Å². The summed E-state index contributed by atoms with van der Waals surface area (Å²) in [7, 11) is 0. The van der Waals surface area contributed by atoms with Crippen molar-refractivity contribution in [2.75, 3.05) is 5.75 Å². The summed E-state index contributed by atoms with van der Waals surface area (Å²) in [6.07, 6.45) is 7.00. The summed E-state index contributed by atoms with van der Waals surface area (Å²) in [6, 6.07) is 9.76. The van der Waals surface area contributed by atoms with Crippen LogP contribution in [0.25, 0.3) is 0 Å². The van der Waals surface area contributed by atoms with Gasteiger partial charge in [-0.3, -0.25) is 0 Å². The lowest BCUT2D eigenvalue weighted by atomic mass is 10.3. The molecule has 1 heterocycles. The van der Waals surface area contributed by atoms with Crippen LogP contribution >= 0.6 is 11.8 Å². The fourth-order valence-corrected chi connectivity index (χ4v) is 1.65. The van der Waals surface area contributed by atoms with E-state index in [0.29, 0.717) is 0 Å². The van der Waals surface area contributed by atoms with Crippen LogP contribution in [0, 0.1) is 6.08 Å². The molecule has 0 saturated carbocycles. The second-order valence-electron chi connectivity index (χ2n) is 2.56. The highest BCUT2D eigenvalue weighted by molar-refractivity contribution is 8.03. The molecule has 0 fully saturated rings. The van der Waals surface area contributed by atoms with E-state index in [1.165, 1.54) is 0 Å². The van der Waals surface area contributed by atoms with Gasteiger partial charge >= 0.3 is 0 Å². The molecule has 0 atom stereocenters. The molecule has 0 saturated heterocycles. The largest absolute Gasteiger partial charge is 0.450 e. The average molecular weight is 189 g/mol. The van der Waals surface area contributed by atoms with Crippen LogP contribution in [0.3, 0.4) is 0 Å². The van der Waals surface area contributed by atoms with Gasteiger partial charge in [0.2, 0.25) is 0 Å². The van der Waals surface area contributed by atoms with E-state index in [4.69, 9.17) is 4.74 Å². The molecule has 13 heavy (non-hydrogen) atoms. The molecule has 0 bridgehead atoms. The zero-order chi connectivity index (χ0) is 8.93. The molecule has 2 heteroatoms. The Morgan fingerprint density at radius 2 is 2.08 bits per heavy atom. The van der Waals surface area contributed by atoms with Gasteiger partial charge in [-0.1, -0.05) is 42.1 Å². The third-order valence-corrected chi connectivity index (χ3v) is 2.41. The maximum absolute atomic E-state index is 5.57. The lowest BCUT2D eigenvalue weighted by molar-refractivity contribution is 0.463. The van der Waals surface area contributed by atoms with Gasteiger partial charge in [-0.05, 0) is 12.1 Å². The van der Waals surface area contributed by atoms with Crippen molar-refractivity contribution in [1.82, 2.24) is 0 Å². The van der Waals surface area contributed by atoms with Gasteiger partial charge in [0.1, 0.15) is 5.75 Å². The van der Waals surface area contributed by atoms with Crippen molar-refractivity contribution >= 4 is 11.8 Å². The van der Waals surface area contributed by atoms with Crippen LogP contribution < -0.4 is 4.74 Å². The monoisotopic (exact) mass is 189 g/mol. The molecule has 1 nitrogen and oxygen atoms in total. The zero-order valence-corrected chi connectivity index (χ0v) is 7.88. The minimum Gasteiger partial charge on any atom is -0.450 e. The summed E-state index contributed by atoms with van der Waals surface area (Å²) < 4.78 is 5.57. The number of ether oxygens (including phenoxy) is 1. The van der Waals surface area contributed by atoms with Gasteiger partial charge in [-0.25, -0.2) is 0 Å². The molecule has 1 radical (unpaired) electrons. The van der Waals surface area contributed by atoms with E-state index in [9.17, 15) is 0 Å². The summed E-state index contributed by atoms with van der Waals surface area (Å²) in [5, 5.41) is 0.841. The van der Waals surface area contributed by atoms with E-state index in [1.807, 2.05) is 36.4 Å². The molecule has 0 unspecified atom stereocenters. The van der Waals surface area contributed by atoms with E-state index in [0.717, 1.165) is 16.6 Å². The molecular weight excluding hydrogens is 180 g/mol. The van der Waals surface area contributed by atoms with E-state index in [1.54, 1.807) is 11.8 Å². The van der Waals surface area contributed by atoms with Crippen LogP contribution in [0.2, 0.25) is 0 Å². The van der Waals surface area contributed by atoms with Gasteiger partial charge in [0.15, 0.2) is 5.09 Å². The van der Waals surface area contributed by atoms with Gasteiger partial charge in [0, 0.05) is 11.8 Å². The molecule has 1 aromatic rings. The number of hydrogen-bond donors (Lipinski definition) is 0. The van der Waals surface area contributed by atoms with Crippen molar-refractivity contribution in [1.29, 1.82) is 0 Å². The number of hydrogen-bond acceptors (Lipinski definition) is 2. The predicted molar refractivity (Wildman–Crippen MR) is 55.4 cm³/mol. The third kappa shape index (κ3) is 2.39. The van der Waals surface area contributed by atoms with E-state index in [2.05, 4.69) is 12.2 Å². The van der Waals surface area contributed by atoms with Crippen LogP contribution in [0.15, 0.2) is 47.6 Å². The second-order valence-corrected chi connectivity index (χ2v) is 3.55. The highest BCUT2D eigenvalue weighted by Crippen LogP contribution is 2.23. The van der Waals surface area contributed by atoms with Crippen molar-refractivity contribution < 1.29 is 4.74 Å². The SMILES string of the molecule is [C]1=C(Oc2ccccc2)SCC=C1. The van der Waals surface area contributed by atoms with Crippen LogP contribution in [-0.4, -0.2) is 5.75 Å². The quantitative estimate of drug-likeness (QED) is 0.707. The summed E-state index contributed by atoms with van der Waals surface area (Å²) in [5.41, 5.74) is 0. The first-order valence-electron chi connectivity index (χ1n) is 4.09. The Labute approximate surface area is 82.1 Å². The lowest BCUT2D eigenvalue weighted by Crippen LogP contribution is -1.94. The molecule has 1 aromatic carbocycles. The summed E-state index contributed by atoms with van der Waals surface area (Å²) in [5.74, 6) is 1.84. The Hall–Kier alpha value is -1.15. The van der Waals surface area contributed by atoms with Crippen molar-refractivity contribution in [2.24, 2.45) is 0 Å². The lowest BCUT2D eigenvalue weighted by Gasteiger charge is -2.09. The zero-order valence-electron chi connectivity index (χ0n) is 7.07. The molecule has 0 amide bonds. The fraction of sp³-hybridized carbons (Fsp3) is 0.0909. The molecule has 0 spiro atoms. The van der Waals surface area contributed by atoms with Crippen molar-refractivity contribution in [3.8, 4) is 5.75 Å². The first-order chi connectivity index (χ1) is 6.45. The van der Waals surface area contributed by atoms with Gasteiger partial charge in [-0.15, -0.1) is 0 Å². The van der Waals surface area contributed by atoms with E-state index < -0.39 is 0 Å². The Morgan fingerprint density at radius 3 is 2.77 bits per heavy atom. The smallest absolute Gasteiger partial charge is 0.169 e. The molecule has 0 N–H and O–H groups in total. The Morgan fingerprint density at radius 1 is 1.23 bits per heavy atom. The van der Waals surface area contributed by atoms with Crippen LogP contribution in [0.1, 0.15) is 0 Å². The maximum atomic E-state index is 5.57. The first kappa shape index (κ1) is 8.45. The number of thioether (sulfide) groups is 1. The number of para-hydroxylation sites is 1. The minimum atomic E-state index is 0.841. The Balaban J connectivity index is 2.06. The summed E-state index contributed by atoms with van der Waals surface area (Å²) in [6.45, 7) is 0. The van der Waals surface area contributed by atoms with Gasteiger partial charge < -0.3 is 4.74 Å². The summed E-state index contributed by atoms with van der Waals surface area (Å²) >= 11 is 1.65.